The third-order valence-electron chi connectivity index (χ3n) is 2.50. The van der Waals surface area contributed by atoms with Gasteiger partial charge < -0.3 is 4.74 Å². The molecule has 1 heterocycles. The minimum atomic E-state index is -3.76. The number of rotatable bonds is 5. The van der Waals surface area contributed by atoms with Crippen LogP contribution in [-0.4, -0.2) is 21.0 Å². The van der Waals surface area contributed by atoms with Crippen molar-refractivity contribution in [2.45, 2.75) is 11.1 Å². The maximum Gasteiger partial charge on any atom is 0.340 e. The Labute approximate surface area is 135 Å². The number of sulfonamides is 1. The normalized spacial score (nSPS) is 11.1. The van der Waals surface area contributed by atoms with Gasteiger partial charge in [0, 0.05) is 4.47 Å². The van der Waals surface area contributed by atoms with Gasteiger partial charge in [-0.2, -0.15) is 0 Å². The van der Waals surface area contributed by atoms with E-state index >= 15 is 0 Å². The second kappa shape index (κ2) is 6.59. The van der Waals surface area contributed by atoms with Crippen molar-refractivity contribution in [2.24, 2.45) is 0 Å². The SMILES string of the molecule is CCOC(=O)c1ccccc1NS(=O)(=O)c1sccc1Br. The lowest BCUT2D eigenvalue weighted by Crippen LogP contribution is -2.16. The molecule has 5 nitrogen and oxygen atoms in total. The lowest BCUT2D eigenvalue weighted by atomic mass is 10.2. The van der Waals surface area contributed by atoms with E-state index in [9.17, 15) is 13.2 Å². The summed E-state index contributed by atoms with van der Waals surface area (Å²) in [7, 11) is -3.76. The maximum atomic E-state index is 12.3. The molecule has 2 rings (SSSR count). The van der Waals surface area contributed by atoms with Gasteiger partial charge in [0.2, 0.25) is 0 Å². The first-order valence-corrected chi connectivity index (χ1v) is 9.13. The van der Waals surface area contributed by atoms with Gasteiger partial charge in [-0.25, -0.2) is 13.2 Å². The third kappa shape index (κ3) is 3.63. The first kappa shape index (κ1) is 16.0. The van der Waals surface area contributed by atoms with Crippen LogP contribution in [-0.2, 0) is 14.8 Å². The Morgan fingerprint density at radius 1 is 1.33 bits per heavy atom. The number of carbonyl (C=O) groups excluding carboxylic acids is 1. The highest BCUT2D eigenvalue weighted by atomic mass is 79.9. The monoisotopic (exact) mass is 389 g/mol. The Hall–Kier alpha value is -1.38. The largest absolute Gasteiger partial charge is 0.462 e. The van der Waals surface area contributed by atoms with Crippen LogP contribution in [0, 0.1) is 0 Å². The molecule has 8 heteroatoms. The van der Waals surface area contributed by atoms with E-state index in [0.717, 1.165) is 11.3 Å². The molecule has 0 aliphatic carbocycles. The first-order valence-electron chi connectivity index (χ1n) is 5.97. The van der Waals surface area contributed by atoms with Gasteiger partial charge in [-0.3, -0.25) is 4.72 Å². The van der Waals surface area contributed by atoms with Gasteiger partial charge in [-0.15, -0.1) is 11.3 Å². The summed E-state index contributed by atoms with van der Waals surface area (Å²) in [5, 5.41) is 1.66. The van der Waals surface area contributed by atoms with Gasteiger partial charge in [0.05, 0.1) is 17.9 Å². The fourth-order valence-corrected chi connectivity index (χ4v) is 5.04. The summed E-state index contributed by atoms with van der Waals surface area (Å²) in [6.45, 7) is 1.91. The molecule has 1 N–H and O–H groups in total. The minimum absolute atomic E-state index is 0.154. The highest BCUT2D eigenvalue weighted by molar-refractivity contribution is 9.10. The summed E-state index contributed by atoms with van der Waals surface area (Å²) in [5.74, 6) is -0.568. The highest BCUT2D eigenvalue weighted by Crippen LogP contribution is 2.30. The molecule has 0 radical (unpaired) electrons. The van der Waals surface area contributed by atoms with Crippen LogP contribution in [0.25, 0.3) is 0 Å². The van der Waals surface area contributed by atoms with Crippen LogP contribution in [0.4, 0.5) is 5.69 Å². The van der Waals surface area contributed by atoms with Crippen molar-refractivity contribution in [1.29, 1.82) is 0 Å². The van der Waals surface area contributed by atoms with E-state index in [1.165, 1.54) is 12.1 Å². The van der Waals surface area contributed by atoms with Crippen molar-refractivity contribution in [2.75, 3.05) is 11.3 Å². The van der Waals surface area contributed by atoms with E-state index in [2.05, 4.69) is 20.7 Å². The number of para-hydroxylation sites is 1. The quantitative estimate of drug-likeness (QED) is 0.794. The highest BCUT2D eigenvalue weighted by Gasteiger charge is 2.22. The molecule has 21 heavy (non-hydrogen) atoms. The number of thiophene rings is 1. The van der Waals surface area contributed by atoms with Crippen LogP contribution in [0.1, 0.15) is 17.3 Å². The fraction of sp³-hybridized carbons (Fsp3) is 0.154. The molecule has 0 amide bonds. The fourth-order valence-electron chi connectivity index (χ4n) is 1.62. The Morgan fingerprint density at radius 3 is 2.67 bits per heavy atom. The number of ether oxygens (including phenoxy) is 1. The molecule has 0 saturated heterocycles. The van der Waals surface area contributed by atoms with Gasteiger partial charge in [-0.1, -0.05) is 12.1 Å². The number of benzene rings is 1. The number of halogens is 1. The molecule has 0 aliphatic rings. The van der Waals surface area contributed by atoms with Crippen LogP contribution in [0.2, 0.25) is 0 Å². The number of hydrogen-bond acceptors (Lipinski definition) is 5. The second-order valence-corrected chi connectivity index (χ2v) is 7.58. The maximum absolute atomic E-state index is 12.3. The Morgan fingerprint density at radius 2 is 2.05 bits per heavy atom. The summed E-state index contributed by atoms with van der Waals surface area (Å²) in [4.78, 5) is 11.8. The van der Waals surface area contributed by atoms with E-state index in [1.807, 2.05) is 0 Å². The molecule has 0 bridgehead atoms. The average molecular weight is 390 g/mol. The van der Waals surface area contributed by atoms with Gasteiger partial charge >= 0.3 is 5.97 Å². The van der Waals surface area contributed by atoms with Crippen LogP contribution < -0.4 is 4.72 Å². The molecule has 1 aromatic heterocycles. The number of hydrogen-bond donors (Lipinski definition) is 1. The summed E-state index contributed by atoms with van der Waals surface area (Å²) in [6.07, 6.45) is 0. The van der Waals surface area contributed by atoms with Gasteiger partial charge in [0.15, 0.2) is 4.21 Å². The van der Waals surface area contributed by atoms with Gasteiger partial charge in [0.25, 0.3) is 10.0 Å². The molecular formula is C13H12BrNO4S2. The van der Waals surface area contributed by atoms with Crippen molar-refractivity contribution < 1.29 is 17.9 Å². The molecule has 0 aliphatic heterocycles. The van der Waals surface area contributed by atoms with Crippen LogP contribution in [0.15, 0.2) is 44.4 Å². The van der Waals surface area contributed by atoms with E-state index in [-0.39, 0.29) is 22.1 Å². The molecule has 2 aromatic rings. The van der Waals surface area contributed by atoms with Crippen molar-refractivity contribution in [3.8, 4) is 0 Å². The van der Waals surface area contributed by atoms with E-state index < -0.39 is 16.0 Å². The lowest BCUT2D eigenvalue weighted by Gasteiger charge is -2.11. The first-order chi connectivity index (χ1) is 9.95. The molecule has 1 aromatic carbocycles. The zero-order valence-corrected chi connectivity index (χ0v) is 14.2. The van der Waals surface area contributed by atoms with Crippen molar-refractivity contribution in [3.63, 3.8) is 0 Å². The zero-order valence-electron chi connectivity index (χ0n) is 11.0. The summed E-state index contributed by atoms with van der Waals surface area (Å²) in [5.41, 5.74) is 0.367. The predicted octanol–water partition coefficient (Wildman–Crippen LogP) is 3.49. The molecule has 0 unspecified atom stereocenters. The minimum Gasteiger partial charge on any atom is -0.462 e. The Bertz CT molecular complexity index is 755. The molecule has 0 atom stereocenters. The van der Waals surface area contributed by atoms with E-state index in [1.54, 1.807) is 30.5 Å². The number of anilines is 1. The smallest absolute Gasteiger partial charge is 0.340 e. The third-order valence-corrected chi connectivity index (χ3v) is 6.53. The average Bonchev–Trinajstić information content (AvgIpc) is 2.86. The van der Waals surface area contributed by atoms with E-state index in [0.29, 0.717) is 4.47 Å². The number of nitrogens with one attached hydrogen (secondary N) is 1. The predicted molar refractivity (Wildman–Crippen MR) is 85.2 cm³/mol. The Kier molecular flexibility index (Phi) is 5.02. The van der Waals surface area contributed by atoms with Crippen molar-refractivity contribution >= 4 is 48.9 Å². The van der Waals surface area contributed by atoms with Gasteiger partial charge in [0.1, 0.15) is 0 Å². The topological polar surface area (TPSA) is 72.5 Å². The summed E-state index contributed by atoms with van der Waals surface area (Å²) >= 11 is 4.27. The second-order valence-electron chi connectivity index (χ2n) is 3.93. The zero-order chi connectivity index (χ0) is 15.5. The van der Waals surface area contributed by atoms with Crippen molar-refractivity contribution in [1.82, 2.24) is 0 Å². The number of esters is 1. The molecule has 0 fully saturated rings. The standard InChI is InChI=1S/C13H12BrNO4S2/c1-2-19-12(16)9-5-3-4-6-11(9)15-21(17,18)13-10(14)7-8-20-13/h3-8,15H,2H2,1H3. The molecular weight excluding hydrogens is 378 g/mol. The summed E-state index contributed by atoms with van der Waals surface area (Å²) in [6, 6.07) is 7.97. The van der Waals surface area contributed by atoms with Gasteiger partial charge in [-0.05, 0) is 46.4 Å². The van der Waals surface area contributed by atoms with Crippen LogP contribution >= 0.6 is 27.3 Å². The van der Waals surface area contributed by atoms with E-state index in [4.69, 9.17) is 4.74 Å². The van der Waals surface area contributed by atoms with Crippen LogP contribution in [0.5, 0.6) is 0 Å². The molecule has 0 spiro atoms. The Balaban J connectivity index is 2.36. The lowest BCUT2D eigenvalue weighted by molar-refractivity contribution is 0.0527. The van der Waals surface area contributed by atoms with Crippen LogP contribution in [0.3, 0.4) is 0 Å². The van der Waals surface area contributed by atoms with Crippen molar-refractivity contribution in [3.05, 3.63) is 45.7 Å². The summed E-state index contributed by atoms with van der Waals surface area (Å²) < 4.78 is 32.6. The molecule has 112 valence electrons. The number of carbonyl (C=O) groups is 1. The molecule has 0 saturated carbocycles.